The fourth-order valence-corrected chi connectivity index (χ4v) is 12.9. The maximum atomic E-state index is 13.5. The molecule has 0 spiro atoms. The van der Waals surface area contributed by atoms with E-state index in [1.807, 2.05) is 41.4 Å². The summed E-state index contributed by atoms with van der Waals surface area (Å²) in [5, 5.41) is 27.5. The molecule has 11 atom stereocenters. The molecule has 2 heterocycles. The predicted molar refractivity (Wildman–Crippen MR) is 242 cm³/mol. The van der Waals surface area contributed by atoms with Gasteiger partial charge in [0.25, 0.3) is 11.8 Å². The Bertz CT molecular complexity index is 1500. The number of aliphatic hydroxyl groups is 2. The topological polar surface area (TPSA) is 183 Å². The van der Waals surface area contributed by atoms with E-state index in [0.29, 0.717) is 72.4 Å². The molecule has 1 saturated heterocycles. The molecule has 0 aromatic heterocycles. The van der Waals surface area contributed by atoms with Crippen molar-refractivity contribution in [1.29, 1.82) is 0 Å². The van der Waals surface area contributed by atoms with Gasteiger partial charge in [0, 0.05) is 38.8 Å². The van der Waals surface area contributed by atoms with Gasteiger partial charge in [0.15, 0.2) is 0 Å². The number of ether oxygens (including phenoxy) is 1. The average molecular weight is 858 g/mol. The fraction of sp³-hybridized carbons (Fsp3) is 0.787. The van der Waals surface area contributed by atoms with Gasteiger partial charge in [-0.15, -0.1) is 37.0 Å². The van der Waals surface area contributed by atoms with E-state index in [1.54, 1.807) is 11.8 Å². The molecule has 12 nitrogen and oxygen atoms in total. The van der Waals surface area contributed by atoms with Gasteiger partial charge in [0.05, 0.1) is 24.5 Å². The van der Waals surface area contributed by atoms with Crippen LogP contribution < -0.4 is 21.7 Å². The molecular weight excluding hydrogens is 779 g/mol. The van der Waals surface area contributed by atoms with Crippen molar-refractivity contribution in [2.24, 2.45) is 46.2 Å². The van der Waals surface area contributed by atoms with Crippen molar-refractivity contribution < 1.29 is 34.1 Å². The zero-order chi connectivity index (χ0) is 45.4. The number of thioether (sulfide) groups is 1. The summed E-state index contributed by atoms with van der Waals surface area (Å²) in [5.41, 5.74) is 7.26. The molecule has 3 amide bonds. The SMILES string of the molecule is C#C.C#CCCOC(C)(C)CNC(CN)NC(=O)C1=C(C)CSC2C(NC(=O)CCCC3CCC4C5C(O)CC6CCCCC6(C)C5CCC34C)C(=O)N12.C=O.CC.CO. The minimum atomic E-state index is -0.640. The number of nitrogens with one attached hydrogen (secondary N) is 3. The molecule has 2 aliphatic heterocycles. The van der Waals surface area contributed by atoms with Crippen molar-refractivity contribution in [2.45, 2.75) is 161 Å². The molecule has 6 aliphatic rings. The van der Waals surface area contributed by atoms with Crippen LogP contribution >= 0.6 is 11.8 Å². The van der Waals surface area contributed by atoms with Gasteiger partial charge in [-0.05, 0) is 125 Å². The molecule has 13 heteroatoms. The van der Waals surface area contributed by atoms with Crippen LogP contribution in [0.2, 0.25) is 0 Å². The van der Waals surface area contributed by atoms with E-state index in [2.05, 4.69) is 48.6 Å². The number of nitrogens with zero attached hydrogens (tertiary/aromatic N) is 1. The molecule has 4 aliphatic carbocycles. The minimum Gasteiger partial charge on any atom is -0.400 e. The van der Waals surface area contributed by atoms with E-state index < -0.39 is 17.8 Å². The van der Waals surface area contributed by atoms with Gasteiger partial charge in [-0.3, -0.25) is 24.6 Å². The maximum Gasteiger partial charge on any atom is 0.269 e. The molecule has 0 aromatic carbocycles. The minimum absolute atomic E-state index is 0.0993. The van der Waals surface area contributed by atoms with Gasteiger partial charge in [-0.25, -0.2) is 0 Å². The van der Waals surface area contributed by atoms with Crippen molar-refractivity contribution in [2.75, 3.05) is 32.6 Å². The summed E-state index contributed by atoms with van der Waals surface area (Å²) in [4.78, 5) is 49.8. The van der Waals surface area contributed by atoms with Crippen molar-refractivity contribution in [1.82, 2.24) is 20.9 Å². The van der Waals surface area contributed by atoms with E-state index in [4.69, 9.17) is 26.8 Å². The summed E-state index contributed by atoms with van der Waals surface area (Å²) in [7, 11) is 1.00. The van der Waals surface area contributed by atoms with E-state index in [0.717, 1.165) is 31.9 Å². The second-order valence-electron chi connectivity index (χ2n) is 18.0. The van der Waals surface area contributed by atoms with Crippen LogP contribution in [0.25, 0.3) is 0 Å². The smallest absolute Gasteiger partial charge is 0.269 e. The maximum absolute atomic E-state index is 13.5. The van der Waals surface area contributed by atoms with E-state index >= 15 is 0 Å². The number of fused-ring (bicyclic) bond motifs is 6. The van der Waals surface area contributed by atoms with Gasteiger partial charge in [0.2, 0.25) is 5.91 Å². The number of carbonyl (C=O) groups excluding carboxylic acids is 4. The van der Waals surface area contributed by atoms with Crippen LogP contribution in [0.1, 0.15) is 132 Å². The highest BCUT2D eigenvalue weighted by Gasteiger charge is 2.62. The van der Waals surface area contributed by atoms with Crippen LogP contribution in [0.4, 0.5) is 0 Å². The molecule has 4 saturated carbocycles. The first kappa shape index (κ1) is 53.2. The third-order valence-corrected chi connectivity index (χ3v) is 15.9. The lowest BCUT2D eigenvalue weighted by atomic mass is 9.44. The number of hydrogen-bond acceptors (Lipinski definition) is 10. The summed E-state index contributed by atoms with van der Waals surface area (Å²) >= 11 is 1.58. The van der Waals surface area contributed by atoms with Crippen LogP contribution in [0, 0.1) is 65.6 Å². The molecule has 60 heavy (non-hydrogen) atoms. The highest BCUT2D eigenvalue weighted by molar-refractivity contribution is 8.00. The number of carbonyl (C=O) groups is 4. The number of terminal acetylenes is 2. The number of β-lactam (4-membered cyclic amide) rings is 1. The number of amides is 3. The second-order valence-corrected chi connectivity index (χ2v) is 19.1. The summed E-state index contributed by atoms with van der Waals surface area (Å²) in [6.07, 6.45) is 26.5. The van der Waals surface area contributed by atoms with Crippen LogP contribution in [-0.2, 0) is 23.9 Å². The van der Waals surface area contributed by atoms with E-state index in [9.17, 15) is 19.5 Å². The van der Waals surface area contributed by atoms with Gasteiger partial charge in [0.1, 0.15) is 23.9 Å². The van der Waals surface area contributed by atoms with Crippen LogP contribution in [0.3, 0.4) is 0 Å². The summed E-state index contributed by atoms with van der Waals surface area (Å²) in [5.74, 6) is 5.34. The predicted octanol–water partition coefficient (Wildman–Crippen LogP) is 5.36. The molecule has 6 rings (SSSR count). The van der Waals surface area contributed by atoms with Gasteiger partial charge >= 0.3 is 0 Å². The summed E-state index contributed by atoms with van der Waals surface area (Å²) in [6.45, 7) is 17.8. The Morgan fingerprint density at radius 1 is 1.08 bits per heavy atom. The molecule has 5 fully saturated rings. The van der Waals surface area contributed by atoms with E-state index in [1.165, 1.54) is 56.3 Å². The van der Waals surface area contributed by atoms with Gasteiger partial charge < -0.3 is 36.1 Å². The Labute approximate surface area is 366 Å². The number of aliphatic hydroxyl groups excluding tert-OH is 2. The molecule has 0 radical (unpaired) electrons. The number of nitrogens with two attached hydrogens (primary N) is 1. The molecule has 0 bridgehead atoms. The first-order chi connectivity index (χ1) is 28.7. The van der Waals surface area contributed by atoms with Crippen molar-refractivity contribution in [3.8, 4) is 25.2 Å². The highest BCUT2D eigenvalue weighted by atomic mass is 32.2. The third kappa shape index (κ3) is 11.8. The fourth-order valence-electron chi connectivity index (χ4n) is 11.6. The van der Waals surface area contributed by atoms with Crippen LogP contribution in [-0.4, -0.2) is 101 Å². The Morgan fingerprint density at radius 3 is 2.40 bits per heavy atom. The molecule has 340 valence electrons. The van der Waals surface area contributed by atoms with Crippen LogP contribution in [0.5, 0.6) is 0 Å². The largest absolute Gasteiger partial charge is 0.400 e. The van der Waals surface area contributed by atoms with Gasteiger partial charge in [-0.2, -0.15) is 0 Å². The first-order valence-corrected chi connectivity index (χ1v) is 23.3. The Hall–Kier alpha value is -2.91. The third-order valence-electron chi connectivity index (χ3n) is 14.5. The normalized spacial score (nSPS) is 32.8. The zero-order valence-electron chi connectivity index (χ0n) is 38.0. The summed E-state index contributed by atoms with van der Waals surface area (Å²) in [6, 6.07) is -0.640. The monoisotopic (exact) mass is 858 g/mol. The standard InChI is InChI=1S/C41H65N5O5S.C2H6.C2H2.CH4O.CH2O/c1-7-8-20-51-39(3,4)24-43-31(22-42)44-36(49)35-25(2)23-52-38-34(37(50)46(35)38)45-32(48)14-11-13-26-15-16-28-33-29(17-19-41(26,28)6)40(5)18-10-9-12-27(40)21-30(33)47;4*1-2/h1,26-31,33-34,38,43,47H,8-24,42H2,2-6H3,(H,44,49)(H,45,48);1-2H3;1-2H;2H,1H3;1H2. The molecule has 7 N–H and O–H groups in total. The average Bonchev–Trinajstić information content (AvgIpc) is 3.60. The quantitative estimate of drug-likeness (QED) is 0.0576. The van der Waals surface area contributed by atoms with Crippen molar-refractivity contribution in [3.05, 3.63) is 11.3 Å². The van der Waals surface area contributed by atoms with E-state index in [-0.39, 0.29) is 41.2 Å². The van der Waals surface area contributed by atoms with Crippen molar-refractivity contribution in [3.63, 3.8) is 0 Å². The molecule has 11 unspecified atom stereocenters. The highest BCUT2D eigenvalue weighted by Crippen LogP contribution is 2.68. The summed E-state index contributed by atoms with van der Waals surface area (Å²) < 4.78 is 5.85. The molecular formula is C47H79N5O7S. The van der Waals surface area contributed by atoms with Crippen LogP contribution in [0.15, 0.2) is 11.3 Å². The zero-order valence-corrected chi connectivity index (χ0v) is 38.8. The number of hydrogen-bond donors (Lipinski definition) is 6. The molecule has 0 aromatic rings. The second kappa shape index (κ2) is 24.7. The Morgan fingerprint density at radius 2 is 1.75 bits per heavy atom. The van der Waals surface area contributed by atoms with Crippen molar-refractivity contribution >= 4 is 36.3 Å². The first-order valence-electron chi connectivity index (χ1n) is 22.2. The Kier molecular flexibility index (Phi) is 21.9. The lowest BCUT2D eigenvalue weighted by molar-refractivity contribution is -0.162. The lowest BCUT2D eigenvalue weighted by Crippen LogP contribution is -2.71. The van der Waals surface area contributed by atoms with Gasteiger partial charge in [-0.1, -0.05) is 40.5 Å². The Balaban J connectivity index is 0.00000146. The lowest BCUT2D eigenvalue weighted by Gasteiger charge is -2.62. The number of rotatable bonds is 14.